The molecular weight excluding hydrogens is 523 g/mol. The molecule has 1 amide bonds. The van der Waals surface area contributed by atoms with Crippen LogP contribution in [0.2, 0.25) is 0 Å². The van der Waals surface area contributed by atoms with Gasteiger partial charge in [0.15, 0.2) is 0 Å². The maximum atomic E-state index is 12.4. The zero-order valence-electron chi connectivity index (χ0n) is 21.0. The first-order valence-electron chi connectivity index (χ1n) is 13.5. The molecule has 1 aliphatic heterocycles. The minimum Gasteiger partial charge on any atom is -0.354 e. The first-order chi connectivity index (χ1) is 16.2. The highest BCUT2D eigenvalue weighted by molar-refractivity contribution is 14.1. The van der Waals surface area contributed by atoms with Crippen molar-refractivity contribution in [3.8, 4) is 0 Å². The number of aromatic nitrogens is 1. The number of anilines is 1. The molecule has 33 heavy (non-hydrogen) atoms. The van der Waals surface area contributed by atoms with Crippen molar-refractivity contribution in [3.05, 3.63) is 23.9 Å². The fourth-order valence-corrected chi connectivity index (χ4v) is 5.05. The maximum absolute atomic E-state index is 12.4. The van der Waals surface area contributed by atoms with Crippen LogP contribution in [0.15, 0.2) is 18.3 Å². The number of nitrogens with zero attached hydrogens (tertiary/aromatic N) is 3. The Hall–Kier alpha value is -0.890. The summed E-state index contributed by atoms with van der Waals surface area (Å²) < 4.78 is 1.31. The molecule has 0 saturated carbocycles. The number of nitrogens with one attached hydrogen (secondary N) is 1. The lowest BCUT2D eigenvalue weighted by Crippen LogP contribution is -2.46. The number of rotatable bonds is 18. The molecule has 5 nitrogen and oxygen atoms in total. The molecule has 1 aromatic heterocycles. The molecule has 0 aromatic carbocycles. The monoisotopic (exact) mass is 570 g/mol. The van der Waals surface area contributed by atoms with E-state index in [1.165, 1.54) is 88.0 Å². The largest absolute Gasteiger partial charge is 0.354 e. The molecule has 188 valence electrons. The summed E-state index contributed by atoms with van der Waals surface area (Å²) in [7, 11) is 0. The van der Waals surface area contributed by atoms with E-state index in [9.17, 15) is 4.79 Å². The summed E-state index contributed by atoms with van der Waals surface area (Å²) >= 11 is 2.47. The molecule has 1 fully saturated rings. The Kier molecular flexibility index (Phi) is 15.8. The van der Waals surface area contributed by atoms with Gasteiger partial charge in [0.2, 0.25) is 0 Å². The summed E-state index contributed by atoms with van der Waals surface area (Å²) in [4.78, 5) is 21.8. The minimum atomic E-state index is 0.000281. The van der Waals surface area contributed by atoms with Crippen molar-refractivity contribution >= 4 is 34.3 Å². The van der Waals surface area contributed by atoms with Gasteiger partial charge in [-0.2, -0.15) is 0 Å². The predicted molar refractivity (Wildman–Crippen MR) is 150 cm³/mol. The molecule has 1 N–H and O–H groups in total. The van der Waals surface area contributed by atoms with Crippen molar-refractivity contribution in [1.82, 2.24) is 15.2 Å². The average Bonchev–Trinajstić information content (AvgIpc) is 2.85. The minimum absolute atomic E-state index is 0.000281. The Bertz CT molecular complexity index is 617. The maximum Gasteiger partial charge on any atom is 0.252 e. The number of amides is 1. The van der Waals surface area contributed by atoms with Gasteiger partial charge >= 0.3 is 0 Å². The Morgan fingerprint density at radius 1 is 0.879 bits per heavy atom. The summed E-state index contributed by atoms with van der Waals surface area (Å²) in [6, 6.07) is 3.91. The molecule has 1 aromatic rings. The van der Waals surface area contributed by atoms with Gasteiger partial charge in [-0.3, -0.25) is 9.69 Å². The first kappa shape index (κ1) is 28.3. The van der Waals surface area contributed by atoms with E-state index in [-0.39, 0.29) is 5.91 Å². The van der Waals surface area contributed by atoms with E-state index in [0.29, 0.717) is 5.56 Å². The summed E-state index contributed by atoms with van der Waals surface area (Å²) in [5.74, 6) is 0.985. The van der Waals surface area contributed by atoms with E-state index < -0.39 is 0 Å². The zero-order chi connectivity index (χ0) is 23.6. The summed E-state index contributed by atoms with van der Waals surface area (Å²) in [5, 5.41) is 3.06. The molecule has 0 bridgehead atoms. The summed E-state index contributed by atoms with van der Waals surface area (Å²) in [5.41, 5.74) is 0.665. The lowest BCUT2D eigenvalue weighted by atomic mass is 10.1. The Labute approximate surface area is 216 Å². The second kappa shape index (κ2) is 18.4. The number of carbonyl (C=O) groups is 1. The quantitative estimate of drug-likeness (QED) is 0.125. The summed E-state index contributed by atoms with van der Waals surface area (Å²) in [6.07, 6.45) is 19.1. The van der Waals surface area contributed by atoms with Crippen LogP contribution in [0, 0.1) is 0 Å². The Balaban J connectivity index is 1.46. The van der Waals surface area contributed by atoms with E-state index in [0.717, 1.165) is 45.0 Å². The van der Waals surface area contributed by atoms with E-state index in [1.807, 2.05) is 12.1 Å². The van der Waals surface area contributed by atoms with Gasteiger partial charge in [-0.15, -0.1) is 0 Å². The number of pyridine rings is 1. The van der Waals surface area contributed by atoms with Crippen molar-refractivity contribution in [2.45, 2.75) is 90.4 Å². The number of halogens is 1. The van der Waals surface area contributed by atoms with Gasteiger partial charge in [-0.25, -0.2) is 4.98 Å². The van der Waals surface area contributed by atoms with Crippen molar-refractivity contribution in [1.29, 1.82) is 0 Å². The van der Waals surface area contributed by atoms with Crippen LogP contribution in [0.5, 0.6) is 0 Å². The lowest BCUT2D eigenvalue weighted by molar-refractivity contribution is 0.0952. The Morgan fingerprint density at radius 3 is 1.97 bits per heavy atom. The average molecular weight is 571 g/mol. The van der Waals surface area contributed by atoms with Gasteiger partial charge in [-0.05, 0) is 42.4 Å². The summed E-state index contributed by atoms with van der Waals surface area (Å²) in [6.45, 7) is 8.38. The van der Waals surface area contributed by atoms with E-state index >= 15 is 0 Å². The third kappa shape index (κ3) is 12.4. The molecule has 6 heteroatoms. The molecule has 1 aliphatic rings. The highest BCUT2D eigenvalue weighted by Crippen LogP contribution is 2.15. The van der Waals surface area contributed by atoms with Gasteiger partial charge in [0.25, 0.3) is 5.91 Å². The molecular formula is C27H47IN4O. The van der Waals surface area contributed by atoms with Crippen LogP contribution < -0.4 is 10.2 Å². The van der Waals surface area contributed by atoms with Crippen LogP contribution >= 0.6 is 22.6 Å². The fourth-order valence-electron chi connectivity index (χ4n) is 4.52. The van der Waals surface area contributed by atoms with Gasteiger partial charge in [0.1, 0.15) is 5.82 Å². The van der Waals surface area contributed by atoms with Crippen LogP contribution in [0.4, 0.5) is 5.82 Å². The predicted octanol–water partition coefficient (Wildman–Crippen LogP) is 6.46. The van der Waals surface area contributed by atoms with E-state index in [4.69, 9.17) is 0 Å². The van der Waals surface area contributed by atoms with Crippen LogP contribution in [0.25, 0.3) is 0 Å². The second-order valence-electron chi connectivity index (χ2n) is 9.42. The van der Waals surface area contributed by atoms with Crippen molar-refractivity contribution in [2.75, 3.05) is 48.6 Å². The SMILES string of the molecule is CCCN1CCN(c2ccc(C(=O)NCCCCCCCCCCCCCCI)cn2)CC1. The second-order valence-corrected chi connectivity index (χ2v) is 10.5. The number of hydrogen-bond acceptors (Lipinski definition) is 4. The highest BCUT2D eigenvalue weighted by atomic mass is 127. The topological polar surface area (TPSA) is 48.5 Å². The fraction of sp³-hybridized carbons (Fsp3) is 0.778. The molecule has 1 saturated heterocycles. The normalized spacial score (nSPS) is 14.5. The molecule has 0 radical (unpaired) electrons. The standard InChI is InChI=1S/C27H47IN4O/c1-2-19-31-20-22-32(23-21-31)26-16-15-25(24-30-26)27(33)29-18-14-12-10-8-6-4-3-5-7-9-11-13-17-28/h15-16,24H,2-14,17-23H2,1H3,(H,29,33). The number of alkyl halides is 1. The van der Waals surface area contributed by atoms with Gasteiger partial charge in [0, 0.05) is 38.9 Å². The molecule has 2 heterocycles. The molecule has 0 spiro atoms. The van der Waals surface area contributed by atoms with Crippen molar-refractivity contribution in [3.63, 3.8) is 0 Å². The van der Waals surface area contributed by atoms with Crippen molar-refractivity contribution in [2.24, 2.45) is 0 Å². The number of unbranched alkanes of at least 4 members (excludes halogenated alkanes) is 11. The van der Waals surface area contributed by atoms with Crippen molar-refractivity contribution < 1.29 is 4.79 Å². The Morgan fingerprint density at radius 2 is 1.45 bits per heavy atom. The third-order valence-corrected chi connectivity index (χ3v) is 7.35. The lowest BCUT2D eigenvalue weighted by Gasteiger charge is -2.35. The van der Waals surface area contributed by atoms with Crippen LogP contribution in [0.1, 0.15) is 101 Å². The van der Waals surface area contributed by atoms with Crippen LogP contribution in [0.3, 0.4) is 0 Å². The van der Waals surface area contributed by atoms with Gasteiger partial charge < -0.3 is 10.2 Å². The highest BCUT2D eigenvalue weighted by Gasteiger charge is 2.17. The number of hydrogen-bond donors (Lipinski definition) is 1. The number of piperazine rings is 1. The van der Waals surface area contributed by atoms with Gasteiger partial charge in [-0.1, -0.05) is 93.7 Å². The molecule has 2 rings (SSSR count). The van der Waals surface area contributed by atoms with Crippen LogP contribution in [-0.4, -0.2) is 59.5 Å². The van der Waals surface area contributed by atoms with Gasteiger partial charge in [0.05, 0.1) is 5.56 Å². The smallest absolute Gasteiger partial charge is 0.252 e. The number of carbonyl (C=O) groups excluding carboxylic acids is 1. The first-order valence-corrected chi connectivity index (χ1v) is 15.0. The van der Waals surface area contributed by atoms with E-state index in [1.54, 1.807) is 6.20 Å². The van der Waals surface area contributed by atoms with Crippen LogP contribution in [-0.2, 0) is 0 Å². The van der Waals surface area contributed by atoms with E-state index in [2.05, 4.69) is 49.6 Å². The zero-order valence-corrected chi connectivity index (χ0v) is 23.2. The molecule has 0 atom stereocenters. The molecule has 0 unspecified atom stereocenters. The molecule has 0 aliphatic carbocycles. The third-order valence-electron chi connectivity index (χ3n) is 6.59.